The van der Waals surface area contributed by atoms with Crippen LogP contribution in [0.15, 0.2) is 72.0 Å². The lowest BCUT2D eigenvalue weighted by molar-refractivity contribution is -0.137. The van der Waals surface area contributed by atoms with Crippen LogP contribution in [0, 0.1) is 0 Å². The molecule has 1 heterocycles. The molecular weight excluding hydrogens is 430 g/mol. The molecule has 1 unspecified atom stereocenters. The maximum Gasteiger partial charge on any atom is 0.303 e. The Kier molecular flexibility index (Phi) is 7.84. The van der Waals surface area contributed by atoms with Crippen molar-refractivity contribution >= 4 is 35.3 Å². The Morgan fingerprint density at radius 3 is 2.34 bits per heavy atom. The molecular formula is C25H24ClNO5. The minimum absolute atomic E-state index is 0.0232. The summed E-state index contributed by atoms with van der Waals surface area (Å²) in [5.41, 5.74) is 1.51. The van der Waals surface area contributed by atoms with Crippen molar-refractivity contribution in [2.75, 3.05) is 6.54 Å². The molecule has 0 spiro atoms. The first-order chi connectivity index (χ1) is 15.4. The van der Waals surface area contributed by atoms with E-state index in [0.29, 0.717) is 29.8 Å². The molecule has 1 amide bonds. The number of aliphatic hydroxyl groups is 1. The van der Waals surface area contributed by atoms with Gasteiger partial charge in [0.05, 0.1) is 11.6 Å². The Morgan fingerprint density at radius 1 is 1.00 bits per heavy atom. The number of benzene rings is 2. The van der Waals surface area contributed by atoms with Crippen molar-refractivity contribution in [3.63, 3.8) is 0 Å². The van der Waals surface area contributed by atoms with Crippen LogP contribution in [0.25, 0.3) is 6.08 Å². The van der Waals surface area contributed by atoms with Crippen LogP contribution in [0.1, 0.15) is 42.9 Å². The number of hydrogen-bond acceptors (Lipinski definition) is 4. The van der Waals surface area contributed by atoms with E-state index in [9.17, 15) is 19.5 Å². The molecule has 0 bridgehead atoms. The van der Waals surface area contributed by atoms with Crippen LogP contribution in [-0.2, 0) is 14.4 Å². The van der Waals surface area contributed by atoms with Gasteiger partial charge in [0, 0.05) is 18.0 Å². The highest BCUT2D eigenvalue weighted by Crippen LogP contribution is 2.38. The summed E-state index contributed by atoms with van der Waals surface area (Å²) >= 11 is 6.00. The van der Waals surface area contributed by atoms with Crippen LogP contribution in [0.2, 0.25) is 5.02 Å². The van der Waals surface area contributed by atoms with Gasteiger partial charge in [-0.2, -0.15) is 0 Å². The topological polar surface area (TPSA) is 94.9 Å². The van der Waals surface area contributed by atoms with Gasteiger partial charge in [-0.1, -0.05) is 66.6 Å². The van der Waals surface area contributed by atoms with Gasteiger partial charge in [0.25, 0.3) is 5.91 Å². The Labute approximate surface area is 191 Å². The Balaban J connectivity index is 1.85. The third-order valence-corrected chi connectivity index (χ3v) is 5.52. The lowest BCUT2D eigenvalue weighted by atomic mass is 9.95. The summed E-state index contributed by atoms with van der Waals surface area (Å²) in [6.07, 6.45) is 4.72. The van der Waals surface area contributed by atoms with Crippen molar-refractivity contribution in [3.8, 4) is 0 Å². The van der Waals surface area contributed by atoms with E-state index in [1.807, 2.05) is 30.3 Å². The average Bonchev–Trinajstić information content (AvgIpc) is 3.03. The molecule has 0 aliphatic carbocycles. The third kappa shape index (κ3) is 5.65. The van der Waals surface area contributed by atoms with E-state index in [-0.39, 0.29) is 18.5 Å². The second kappa shape index (κ2) is 10.8. The Hall–Kier alpha value is -3.38. The van der Waals surface area contributed by atoms with E-state index < -0.39 is 29.5 Å². The Bertz CT molecular complexity index is 1040. The van der Waals surface area contributed by atoms with Crippen molar-refractivity contribution in [1.29, 1.82) is 0 Å². The summed E-state index contributed by atoms with van der Waals surface area (Å²) in [5.74, 6) is -2.48. The normalized spacial score (nSPS) is 16.2. The van der Waals surface area contributed by atoms with Crippen molar-refractivity contribution in [2.24, 2.45) is 0 Å². The molecule has 1 atom stereocenters. The zero-order chi connectivity index (χ0) is 23.1. The van der Waals surface area contributed by atoms with Gasteiger partial charge in [0.2, 0.25) is 0 Å². The number of carbonyl (C=O) groups excluding carboxylic acids is 2. The minimum Gasteiger partial charge on any atom is -0.503 e. The quantitative estimate of drug-likeness (QED) is 0.391. The number of carbonyl (C=O) groups is 3. The summed E-state index contributed by atoms with van der Waals surface area (Å²) in [6.45, 7) is 0.287. The molecule has 166 valence electrons. The highest BCUT2D eigenvalue weighted by atomic mass is 35.5. The van der Waals surface area contributed by atoms with Crippen molar-refractivity contribution < 1.29 is 24.6 Å². The molecule has 0 radical (unpaired) electrons. The van der Waals surface area contributed by atoms with Gasteiger partial charge in [-0.3, -0.25) is 14.4 Å². The SMILES string of the molecule is O=C(O)CCCCCN1C(=O)C(O)=C(C(=O)/C=C/c2ccccc2)C1c1ccc(Cl)cc1. The molecule has 2 N–H and O–H groups in total. The van der Waals surface area contributed by atoms with Gasteiger partial charge in [-0.15, -0.1) is 0 Å². The van der Waals surface area contributed by atoms with E-state index in [0.717, 1.165) is 5.56 Å². The number of aliphatic hydroxyl groups excluding tert-OH is 1. The van der Waals surface area contributed by atoms with Crippen LogP contribution in [0.3, 0.4) is 0 Å². The minimum atomic E-state index is -0.862. The summed E-state index contributed by atoms with van der Waals surface area (Å²) in [6, 6.07) is 15.3. The fourth-order valence-corrected chi connectivity index (χ4v) is 3.81. The van der Waals surface area contributed by atoms with Crippen molar-refractivity contribution in [3.05, 3.63) is 88.2 Å². The molecule has 0 aromatic heterocycles. The number of hydrogen-bond donors (Lipinski definition) is 2. The molecule has 2 aromatic rings. The van der Waals surface area contributed by atoms with Crippen LogP contribution in [-0.4, -0.2) is 39.3 Å². The number of ketones is 1. The molecule has 0 saturated heterocycles. The number of rotatable bonds is 10. The monoisotopic (exact) mass is 453 g/mol. The van der Waals surface area contributed by atoms with Crippen LogP contribution >= 0.6 is 11.6 Å². The Morgan fingerprint density at radius 2 is 1.69 bits per heavy atom. The maximum absolute atomic E-state index is 13.0. The van der Waals surface area contributed by atoms with Gasteiger partial charge in [-0.05, 0) is 42.2 Å². The number of unbranched alkanes of at least 4 members (excludes halogenated alkanes) is 2. The lowest BCUT2D eigenvalue weighted by Crippen LogP contribution is -2.32. The number of allylic oxidation sites excluding steroid dienone is 1. The van der Waals surface area contributed by atoms with Crippen molar-refractivity contribution in [1.82, 2.24) is 4.90 Å². The fourth-order valence-electron chi connectivity index (χ4n) is 3.69. The molecule has 0 fully saturated rings. The van der Waals surface area contributed by atoms with E-state index in [1.165, 1.54) is 11.0 Å². The molecule has 0 saturated carbocycles. The van der Waals surface area contributed by atoms with E-state index in [4.69, 9.17) is 16.7 Å². The zero-order valence-electron chi connectivity index (χ0n) is 17.4. The predicted molar refractivity (Wildman–Crippen MR) is 122 cm³/mol. The predicted octanol–water partition coefficient (Wildman–Crippen LogP) is 4.96. The summed E-state index contributed by atoms with van der Waals surface area (Å²) < 4.78 is 0. The van der Waals surface area contributed by atoms with Gasteiger partial charge < -0.3 is 15.1 Å². The number of carboxylic acid groups (broad SMARTS) is 1. The summed E-state index contributed by atoms with van der Waals surface area (Å²) in [7, 11) is 0. The molecule has 1 aliphatic heterocycles. The zero-order valence-corrected chi connectivity index (χ0v) is 18.2. The number of amides is 1. The van der Waals surface area contributed by atoms with E-state index in [2.05, 4.69) is 0 Å². The summed E-state index contributed by atoms with van der Waals surface area (Å²) in [5, 5.41) is 19.9. The number of halogens is 1. The second-order valence-electron chi connectivity index (χ2n) is 7.53. The van der Waals surface area contributed by atoms with Gasteiger partial charge in [0.1, 0.15) is 0 Å². The highest BCUT2D eigenvalue weighted by Gasteiger charge is 2.42. The molecule has 7 heteroatoms. The van der Waals surface area contributed by atoms with Crippen LogP contribution in [0.5, 0.6) is 0 Å². The van der Waals surface area contributed by atoms with E-state index >= 15 is 0 Å². The molecule has 2 aromatic carbocycles. The number of carboxylic acids is 1. The first-order valence-corrected chi connectivity index (χ1v) is 10.7. The van der Waals surface area contributed by atoms with E-state index in [1.54, 1.807) is 30.3 Å². The molecule has 6 nitrogen and oxygen atoms in total. The number of nitrogens with zero attached hydrogens (tertiary/aromatic N) is 1. The second-order valence-corrected chi connectivity index (χ2v) is 7.96. The first kappa shape index (κ1) is 23.3. The largest absolute Gasteiger partial charge is 0.503 e. The average molecular weight is 454 g/mol. The maximum atomic E-state index is 13.0. The van der Waals surface area contributed by atoms with Gasteiger partial charge >= 0.3 is 5.97 Å². The summed E-state index contributed by atoms with van der Waals surface area (Å²) in [4.78, 5) is 38.0. The third-order valence-electron chi connectivity index (χ3n) is 5.27. The van der Waals surface area contributed by atoms with Crippen LogP contribution in [0.4, 0.5) is 0 Å². The lowest BCUT2D eigenvalue weighted by Gasteiger charge is -2.26. The van der Waals surface area contributed by atoms with Crippen LogP contribution < -0.4 is 0 Å². The number of aliphatic carboxylic acids is 1. The van der Waals surface area contributed by atoms with Gasteiger partial charge in [-0.25, -0.2) is 0 Å². The fraction of sp³-hybridized carbons (Fsp3) is 0.240. The first-order valence-electron chi connectivity index (χ1n) is 10.4. The van der Waals surface area contributed by atoms with Gasteiger partial charge in [0.15, 0.2) is 11.5 Å². The van der Waals surface area contributed by atoms with Crippen molar-refractivity contribution in [2.45, 2.75) is 31.7 Å². The molecule has 32 heavy (non-hydrogen) atoms. The smallest absolute Gasteiger partial charge is 0.303 e. The highest BCUT2D eigenvalue weighted by molar-refractivity contribution is 6.30. The molecule has 3 rings (SSSR count). The standard InChI is InChI=1S/C25H24ClNO5/c26-19-13-11-18(12-14-19)23-22(20(28)15-10-17-7-3-1-4-8-17)24(31)25(32)27(23)16-6-2-5-9-21(29)30/h1,3-4,7-8,10-15,23,31H,2,5-6,9,16H2,(H,29,30)/b15-10+. The molecule has 1 aliphatic rings.